The summed E-state index contributed by atoms with van der Waals surface area (Å²) in [7, 11) is -9.87. The standard InChI is InChI=1S/C25H44O7P2/c1-21(2)11-7-12-22(3)13-8-14-23(4)15-9-16-24(5)17-10-18-25(6)19-20-31-34(29,30)32-33(26,27)28/h11,13,15,17,19H,7-10,12,14,16,18,20H2,1-6H3,(H,29,30)(H2,26,27,28)/b22-13+,23-15+,24-17+,25-19-. The van der Waals surface area contributed by atoms with E-state index in [0.29, 0.717) is 0 Å². The van der Waals surface area contributed by atoms with E-state index in [-0.39, 0.29) is 6.61 Å². The summed E-state index contributed by atoms with van der Waals surface area (Å²) >= 11 is 0. The highest BCUT2D eigenvalue weighted by Gasteiger charge is 2.31. The SMILES string of the molecule is CC(C)=CCC/C(C)=C/CC/C(C)=C/CC/C(C)=C/CC/C(C)=C\COP(=O)(O)OP(=O)(O)O. The van der Waals surface area contributed by atoms with Crippen molar-refractivity contribution in [2.24, 2.45) is 0 Å². The van der Waals surface area contributed by atoms with Crippen LogP contribution in [0.4, 0.5) is 0 Å². The summed E-state index contributed by atoms with van der Waals surface area (Å²) in [4.78, 5) is 26.4. The predicted octanol–water partition coefficient (Wildman–Crippen LogP) is 8.08. The van der Waals surface area contributed by atoms with E-state index < -0.39 is 15.6 Å². The normalized spacial score (nSPS) is 15.9. The van der Waals surface area contributed by atoms with Gasteiger partial charge in [-0.05, 0) is 92.9 Å². The third-order valence-corrected chi connectivity index (χ3v) is 7.22. The predicted molar refractivity (Wildman–Crippen MR) is 140 cm³/mol. The molecule has 9 heteroatoms. The van der Waals surface area contributed by atoms with E-state index in [1.165, 1.54) is 22.3 Å². The maximum atomic E-state index is 11.4. The van der Waals surface area contributed by atoms with E-state index in [1.807, 2.05) is 6.92 Å². The molecule has 0 bridgehead atoms. The van der Waals surface area contributed by atoms with Crippen molar-refractivity contribution >= 4 is 15.6 Å². The van der Waals surface area contributed by atoms with Crippen molar-refractivity contribution in [3.8, 4) is 0 Å². The van der Waals surface area contributed by atoms with Crippen LogP contribution >= 0.6 is 15.6 Å². The zero-order valence-corrected chi connectivity index (χ0v) is 23.4. The van der Waals surface area contributed by atoms with Gasteiger partial charge < -0.3 is 14.7 Å². The van der Waals surface area contributed by atoms with Crippen LogP contribution in [0.3, 0.4) is 0 Å². The molecule has 0 saturated carbocycles. The highest BCUT2D eigenvalue weighted by Crippen LogP contribution is 2.57. The highest BCUT2D eigenvalue weighted by molar-refractivity contribution is 7.60. The van der Waals surface area contributed by atoms with Crippen molar-refractivity contribution in [3.05, 3.63) is 58.2 Å². The van der Waals surface area contributed by atoms with Gasteiger partial charge in [0.25, 0.3) is 0 Å². The van der Waals surface area contributed by atoms with Gasteiger partial charge in [-0.3, -0.25) is 4.52 Å². The summed E-state index contributed by atoms with van der Waals surface area (Å²) in [6.45, 7) is 12.4. The van der Waals surface area contributed by atoms with E-state index in [2.05, 4.69) is 67.8 Å². The van der Waals surface area contributed by atoms with Gasteiger partial charge >= 0.3 is 15.6 Å². The highest BCUT2D eigenvalue weighted by atomic mass is 31.3. The Hall–Kier alpha value is -1.04. The molecule has 0 aliphatic carbocycles. The number of phosphoric ester groups is 1. The molecule has 0 aromatic heterocycles. The minimum Gasteiger partial charge on any atom is -0.302 e. The van der Waals surface area contributed by atoms with E-state index in [9.17, 15) is 14.0 Å². The van der Waals surface area contributed by atoms with Crippen molar-refractivity contribution in [2.45, 2.75) is 92.9 Å². The Morgan fingerprint density at radius 2 is 0.971 bits per heavy atom. The summed E-state index contributed by atoms with van der Waals surface area (Å²) in [5.41, 5.74) is 6.52. The Kier molecular flexibility index (Phi) is 16.9. The van der Waals surface area contributed by atoms with Gasteiger partial charge in [0.2, 0.25) is 0 Å². The summed E-state index contributed by atoms with van der Waals surface area (Å²) in [5.74, 6) is 0. The molecule has 0 rings (SSSR count). The van der Waals surface area contributed by atoms with Crippen molar-refractivity contribution in [1.29, 1.82) is 0 Å². The van der Waals surface area contributed by atoms with Gasteiger partial charge in [0, 0.05) is 0 Å². The number of phosphoric acid groups is 2. The van der Waals surface area contributed by atoms with E-state index in [0.717, 1.165) is 56.9 Å². The Morgan fingerprint density at radius 3 is 1.32 bits per heavy atom. The molecule has 34 heavy (non-hydrogen) atoms. The van der Waals surface area contributed by atoms with Crippen LogP contribution in [-0.4, -0.2) is 21.3 Å². The minimum atomic E-state index is -5.09. The first-order valence-electron chi connectivity index (χ1n) is 11.7. The number of rotatable bonds is 17. The maximum Gasteiger partial charge on any atom is 0.481 e. The van der Waals surface area contributed by atoms with Crippen molar-refractivity contribution in [1.82, 2.24) is 0 Å². The van der Waals surface area contributed by atoms with Gasteiger partial charge in [0.1, 0.15) is 0 Å². The van der Waals surface area contributed by atoms with Gasteiger partial charge in [-0.15, -0.1) is 0 Å². The lowest BCUT2D eigenvalue weighted by molar-refractivity contribution is 0.191. The molecule has 0 heterocycles. The lowest BCUT2D eigenvalue weighted by Gasteiger charge is -2.11. The second kappa shape index (κ2) is 17.4. The molecule has 1 atom stereocenters. The molecule has 196 valence electrons. The third-order valence-electron chi connectivity index (χ3n) is 5.06. The van der Waals surface area contributed by atoms with Crippen LogP contribution in [0, 0.1) is 0 Å². The van der Waals surface area contributed by atoms with Gasteiger partial charge in [-0.1, -0.05) is 58.2 Å². The lowest BCUT2D eigenvalue weighted by Crippen LogP contribution is -1.94. The van der Waals surface area contributed by atoms with Crippen LogP contribution in [-0.2, 0) is 18.0 Å². The Balaban J connectivity index is 4.22. The molecule has 0 fully saturated rings. The summed E-state index contributed by atoms with van der Waals surface area (Å²) in [5, 5.41) is 0. The number of allylic oxidation sites excluding steroid dienone is 9. The lowest BCUT2D eigenvalue weighted by atomic mass is 10.0. The smallest absolute Gasteiger partial charge is 0.302 e. The van der Waals surface area contributed by atoms with Crippen LogP contribution in [0.2, 0.25) is 0 Å². The average molecular weight is 519 g/mol. The van der Waals surface area contributed by atoms with Crippen LogP contribution in [0.5, 0.6) is 0 Å². The molecular weight excluding hydrogens is 474 g/mol. The molecule has 3 N–H and O–H groups in total. The van der Waals surface area contributed by atoms with Gasteiger partial charge in [0.15, 0.2) is 0 Å². The molecule has 0 aliphatic heterocycles. The van der Waals surface area contributed by atoms with Crippen LogP contribution < -0.4 is 0 Å². The van der Waals surface area contributed by atoms with Crippen molar-refractivity contribution in [3.63, 3.8) is 0 Å². The molecule has 0 aromatic carbocycles. The quantitative estimate of drug-likeness (QED) is 0.132. The zero-order valence-electron chi connectivity index (χ0n) is 21.6. The first-order chi connectivity index (χ1) is 15.7. The Labute approximate surface area is 206 Å². The van der Waals surface area contributed by atoms with Crippen LogP contribution in [0.15, 0.2) is 58.2 Å². The van der Waals surface area contributed by atoms with Crippen molar-refractivity contribution < 1.29 is 32.6 Å². The van der Waals surface area contributed by atoms with Gasteiger partial charge in [-0.2, -0.15) is 4.31 Å². The molecule has 7 nitrogen and oxygen atoms in total. The fraction of sp³-hybridized carbons (Fsp3) is 0.600. The molecule has 0 aliphatic rings. The topological polar surface area (TPSA) is 113 Å². The summed E-state index contributed by atoms with van der Waals surface area (Å²) < 4.78 is 30.3. The van der Waals surface area contributed by atoms with Crippen LogP contribution in [0.25, 0.3) is 0 Å². The molecule has 0 radical (unpaired) electrons. The minimum absolute atomic E-state index is 0.267. The molecule has 0 saturated heterocycles. The fourth-order valence-corrected chi connectivity index (χ4v) is 4.59. The monoisotopic (exact) mass is 518 g/mol. The third kappa shape index (κ3) is 21.5. The second-order valence-corrected chi connectivity index (χ2v) is 11.8. The van der Waals surface area contributed by atoms with Crippen LogP contribution in [0.1, 0.15) is 92.9 Å². The first kappa shape index (κ1) is 33.0. The summed E-state index contributed by atoms with van der Waals surface area (Å²) in [6.07, 6.45) is 18.8. The average Bonchev–Trinajstić information content (AvgIpc) is 2.65. The molecule has 1 unspecified atom stereocenters. The molecule has 0 amide bonds. The fourth-order valence-electron chi connectivity index (χ4n) is 3.07. The summed E-state index contributed by atoms with van der Waals surface area (Å²) in [6, 6.07) is 0. The largest absolute Gasteiger partial charge is 0.481 e. The second-order valence-electron chi connectivity index (χ2n) is 8.97. The van der Waals surface area contributed by atoms with E-state index in [4.69, 9.17) is 9.79 Å². The molecule has 0 aromatic rings. The van der Waals surface area contributed by atoms with E-state index in [1.54, 1.807) is 6.08 Å². The molecular formula is C25H44O7P2. The number of hydrogen-bond donors (Lipinski definition) is 3. The maximum absolute atomic E-state index is 11.4. The Morgan fingerprint density at radius 1 is 0.618 bits per heavy atom. The van der Waals surface area contributed by atoms with E-state index >= 15 is 0 Å². The van der Waals surface area contributed by atoms with Gasteiger partial charge in [-0.25, -0.2) is 9.13 Å². The first-order valence-corrected chi connectivity index (χ1v) is 14.7. The number of hydrogen-bond acceptors (Lipinski definition) is 4. The van der Waals surface area contributed by atoms with Gasteiger partial charge in [0.05, 0.1) is 6.61 Å². The van der Waals surface area contributed by atoms with Crippen molar-refractivity contribution in [2.75, 3.05) is 6.61 Å². The Bertz CT molecular complexity index is 856. The zero-order chi connectivity index (χ0) is 26.2. The molecule has 0 spiro atoms.